The highest BCUT2D eigenvalue weighted by molar-refractivity contribution is 6.32. The van der Waals surface area contributed by atoms with E-state index in [1.165, 1.54) is 13.3 Å². The minimum absolute atomic E-state index is 0.289. The van der Waals surface area contributed by atoms with Crippen molar-refractivity contribution in [3.63, 3.8) is 0 Å². The Hall–Kier alpha value is -2.01. The Bertz CT molecular complexity index is 537. The second-order valence-corrected chi connectivity index (χ2v) is 4.40. The largest absolute Gasteiger partial charge is 0.494 e. The molecule has 0 spiro atoms. The number of rotatable bonds is 7. The topological polar surface area (TPSA) is 56.3 Å². The van der Waals surface area contributed by atoms with E-state index in [9.17, 15) is 0 Å². The Labute approximate surface area is 122 Å². The van der Waals surface area contributed by atoms with Crippen LogP contribution in [0.2, 0.25) is 5.02 Å². The van der Waals surface area contributed by atoms with Crippen molar-refractivity contribution in [3.8, 4) is 11.8 Å². The molecule has 0 radical (unpaired) electrons. The van der Waals surface area contributed by atoms with Crippen LogP contribution in [0.1, 0.15) is 6.42 Å². The zero-order chi connectivity index (χ0) is 14.2. The Morgan fingerprint density at radius 1 is 1.25 bits per heavy atom. The van der Waals surface area contributed by atoms with Crippen molar-refractivity contribution in [2.24, 2.45) is 0 Å². The highest BCUT2D eigenvalue weighted by Crippen LogP contribution is 2.19. The van der Waals surface area contributed by atoms with Crippen LogP contribution in [0.25, 0.3) is 0 Å². The van der Waals surface area contributed by atoms with Crippen LogP contribution in [0.3, 0.4) is 0 Å². The van der Waals surface area contributed by atoms with Crippen molar-refractivity contribution in [1.29, 1.82) is 0 Å². The summed E-state index contributed by atoms with van der Waals surface area (Å²) in [5.41, 5.74) is 0. The maximum absolute atomic E-state index is 5.99. The van der Waals surface area contributed by atoms with Crippen molar-refractivity contribution in [1.82, 2.24) is 9.97 Å². The molecule has 0 saturated heterocycles. The number of anilines is 1. The monoisotopic (exact) mass is 293 g/mol. The van der Waals surface area contributed by atoms with E-state index in [4.69, 9.17) is 21.1 Å². The molecule has 1 aromatic carbocycles. The maximum Gasteiger partial charge on any atom is 0.318 e. The average molecular weight is 294 g/mol. The number of halogens is 1. The van der Waals surface area contributed by atoms with Crippen LogP contribution in [0.5, 0.6) is 11.8 Å². The van der Waals surface area contributed by atoms with Crippen LogP contribution in [-0.2, 0) is 0 Å². The lowest BCUT2D eigenvalue weighted by Crippen LogP contribution is -2.09. The number of benzene rings is 1. The van der Waals surface area contributed by atoms with Crippen molar-refractivity contribution in [2.45, 2.75) is 6.42 Å². The van der Waals surface area contributed by atoms with Crippen molar-refractivity contribution in [2.75, 3.05) is 25.6 Å². The summed E-state index contributed by atoms with van der Waals surface area (Å²) in [5, 5.41) is 3.60. The van der Waals surface area contributed by atoms with Gasteiger partial charge in [-0.05, 0) is 18.6 Å². The summed E-state index contributed by atoms with van der Waals surface area (Å²) in [6.45, 7) is 1.32. The van der Waals surface area contributed by atoms with Crippen molar-refractivity contribution < 1.29 is 9.47 Å². The Morgan fingerprint density at radius 2 is 2.05 bits per heavy atom. The summed E-state index contributed by atoms with van der Waals surface area (Å²) in [6, 6.07) is 10.00. The molecule has 0 aliphatic heterocycles. The third-order valence-electron chi connectivity index (χ3n) is 2.53. The minimum atomic E-state index is 0.289. The molecule has 0 unspecified atom stereocenters. The number of nitrogens with one attached hydrogen (secondary N) is 1. The third-order valence-corrected chi connectivity index (χ3v) is 2.81. The van der Waals surface area contributed by atoms with Gasteiger partial charge in [-0.25, -0.2) is 4.98 Å². The molecule has 0 aliphatic rings. The van der Waals surface area contributed by atoms with Crippen molar-refractivity contribution in [3.05, 3.63) is 41.6 Å². The number of hydrogen-bond donors (Lipinski definition) is 1. The Morgan fingerprint density at radius 3 is 2.80 bits per heavy atom. The van der Waals surface area contributed by atoms with Crippen LogP contribution < -0.4 is 14.8 Å². The van der Waals surface area contributed by atoms with Gasteiger partial charge in [-0.15, -0.1) is 0 Å². The first-order chi connectivity index (χ1) is 9.79. The molecule has 6 heteroatoms. The second-order valence-electron chi connectivity index (χ2n) is 4.00. The molecule has 2 aromatic rings. The van der Waals surface area contributed by atoms with Gasteiger partial charge in [0.25, 0.3) is 0 Å². The van der Waals surface area contributed by atoms with Crippen LogP contribution in [0.4, 0.5) is 5.82 Å². The molecular formula is C14H16ClN3O2. The first kappa shape index (κ1) is 14.4. The van der Waals surface area contributed by atoms with Gasteiger partial charge in [0.05, 0.1) is 19.9 Å². The standard InChI is InChI=1S/C14H16ClN3O2/c1-19-14-17-10-12(15)13(18-14)16-8-5-9-20-11-6-3-2-4-7-11/h2-4,6-7,10H,5,8-9H2,1H3,(H,16,17,18). The molecule has 106 valence electrons. The highest BCUT2D eigenvalue weighted by Gasteiger charge is 2.04. The maximum atomic E-state index is 5.99. The summed E-state index contributed by atoms with van der Waals surface area (Å²) < 4.78 is 10.5. The molecule has 1 heterocycles. The molecule has 2 rings (SSSR count). The molecule has 1 aromatic heterocycles. The van der Waals surface area contributed by atoms with Gasteiger partial charge in [-0.1, -0.05) is 29.8 Å². The molecule has 0 aliphatic carbocycles. The summed E-state index contributed by atoms with van der Waals surface area (Å²) in [5.74, 6) is 1.44. The van der Waals surface area contributed by atoms with Gasteiger partial charge in [0.1, 0.15) is 10.8 Å². The van der Waals surface area contributed by atoms with Crippen molar-refractivity contribution >= 4 is 17.4 Å². The predicted octanol–water partition coefficient (Wildman–Crippen LogP) is 3.02. The quantitative estimate of drug-likeness (QED) is 0.795. The van der Waals surface area contributed by atoms with Gasteiger partial charge in [0.15, 0.2) is 5.82 Å². The molecule has 1 N–H and O–H groups in total. The summed E-state index contributed by atoms with van der Waals surface area (Å²) in [6.07, 6.45) is 2.34. The van der Waals surface area contributed by atoms with E-state index in [0.717, 1.165) is 12.2 Å². The van der Waals surface area contributed by atoms with E-state index in [1.807, 2.05) is 30.3 Å². The van der Waals surface area contributed by atoms with E-state index in [2.05, 4.69) is 15.3 Å². The summed E-state index contributed by atoms with van der Waals surface area (Å²) in [7, 11) is 1.51. The lowest BCUT2D eigenvalue weighted by molar-refractivity contribution is 0.315. The molecule has 0 saturated carbocycles. The molecule has 0 atom stereocenters. The Kier molecular flexibility index (Phi) is 5.43. The van der Waals surface area contributed by atoms with Crippen LogP contribution in [0.15, 0.2) is 36.5 Å². The SMILES string of the molecule is COc1ncc(Cl)c(NCCCOc2ccccc2)n1. The van der Waals surface area contributed by atoms with E-state index in [0.29, 0.717) is 24.0 Å². The smallest absolute Gasteiger partial charge is 0.318 e. The number of nitrogens with zero attached hydrogens (tertiary/aromatic N) is 2. The average Bonchev–Trinajstić information content (AvgIpc) is 2.50. The molecule has 0 bridgehead atoms. The first-order valence-corrected chi connectivity index (χ1v) is 6.65. The van der Waals surface area contributed by atoms with E-state index in [-0.39, 0.29) is 6.01 Å². The third kappa shape index (κ3) is 4.28. The van der Waals surface area contributed by atoms with E-state index >= 15 is 0 Å². The molecular weight excluding hydrogens is 278 g/mol. The molecule has 20 heavy (non-hydrogen) atoms. The van der Waals surface area contributed by atoms with E-state index in [1.54, 1.807) is 0 Å². The van der Waals surface area contributed by atoms with E-state index < -0.39 is 0 Å². The fourth-order valence-electron chi connectivity index (χ4n) is 1.56. The summed E-state index contributed by atoms with van der Waals surface area (Å²) >= 11 is 5.99. The van der Waals surface area contributed by atoms with Gasteiger partial charge < -0.3 is 14.8 Å². The molecule has 0 amide bonds. The lowest BCUT2D eigenvalue weighted by Gasteiger charge is -2.09. The zero-order valence-corrected chi connectivity index (χ0v) is 11.9. The zero-order valence-electron chi connectivity index (χ0n) is 11.2. The molecule has 5 nitrogen and oxygen atoms in total. The van der Waals surface area contributed by atoms with Gasteiger partial charge in [0.2, 0.25) is 0 Å². The summed E-state index contributed by atoms with van der Waals surface area (Å²) in [4.78, 5) is 8.04. The predicted molar refractivity (Wildman–Crippen MR) is 78.6 cm³/mol. The number of hydrogen-bond acceptors (Lipinski definition) is 5. The normalized spacial score (nSPS) is 10.1. The van der Waals surface area contributed by atoms with Gasteiger partial charge in [-0.2, -0.15) is 4.98 Å². The first-order valence-electron chi connectivity index (χ1n) is 6.28. The van der Waals surface area contributed by atoms with Gasteiger partial charge >= 0.3 is 6.01 Å². The van der Waals surface area contributed by atoms with Crippen LogP contribution >= 0.6 is 11.6 Å². The van der Waals surface area contributed by atoms with Gasteiger partial charge in [0, 0.05) is 6.54 Å². The van der Waals surface area contributed by atoms with Crippen LogP contribution in [0, 0.1) is 0 Å². The molecule has 0 fully saturated rings. The fraction of sp³-hybridized carbons (Fsp3) is 0.286. The van der Waals surface area contributed by atoms with Crippen LogP contribution in [-0.4, -0.2) is 30.2 Å². The second kappa shape index (κ2) is 7.55. The number of methoxy groups -OCH3 is 1. The lowest BCUT2D eigenvalue weighted by atomic mass is 10.3. The number of ether oxygens (including phenoxy) is 2. The van der Waals surface area contributed by atoms with Gasteiger partial charge in [-0.3, -0.25) is 0 Å². The minimum Gasteiger partial charge on any atom is -0.494 e. The fourth-order valence-corrected chi connectivity index (χ4v) is 1.72. The highest BCUT2D eigenvalue weighted by atomic mass is 35.5. The number of para-hydroxylation sites is 1. The number of aromatic nitrogens is 2. The Balaban J connectivity index is 1.73.